The maximum atomic E-state index is 13.0. The van der Waals surface area contributed by atoms with E-state index in [-0.39, 0.29) is 17.4 Å². The van der Waals surface area contributed by atoms with Crippen molar-refractivity contribution in [2.75, 3.05) is 25.3 Å². The van der Waals surface area contributed by atoms with Crippen molar-refractivity contribution in [2.24, 2.45) is 0 Å². The van der Waals surface area contributed by atoms with Crippen molar-refractivity contribution in [3.05, 3.63) is 58.7 Å². The van der Waals surface area contributed by atoms with Crippen LogP contribution in [0.5, 0.6) is 11.5 Å². The molecule has 0 aliphatic carbocycles. The maximum absolute atomic E-state index is 13.0. The number of rotatable bonds is 6. The van der Waals surface area contributed by atoms with Gasteiger partial charge in [0.2, 0.25) is 5.78 Å². The van der Waals surface area contributed by atoms with Gasteiger partial charge >= 0.3 is 0 Å². The summed E-state index contributed by atoms with van der Waals surface area (Å²) in [5, 5.41) is 3.45. The van der Waals surface area contributed by atoms with E-state index in [4.69, 9.17) is 15.2 Å². The van der Waals surface area contributed by atoms with Crippen LogP contribution in [0, 0.1) is 5.82 Å². The van der Waals surface area contributed by atoms with E-state index in [9.17, 15) is 9.18 Å². The number of nitrogen functional groups attached to an aromatic ring is 1. The Morgan fingerprint density at radius 2 is 1.81 bits per heavy atom. The molecule has 0 atom stereocenters. The first-order chi connectivity index (χ1) is 12.5. The molecule has 3 aromatic rings. The highest BCUT2D eigenvalue weighted by Gasteiger charge is 2.19. The van der Waals surface area contributed by atoms with Crippen LogP contribution in [0.4, 0.5) is 21.0 Å². The van der Waals surface area contributed by atoms with E-state index in [1.54, 1.807) is 30.3 Å². The number of nitrogens with zero attached hydrogens (tertiary/aromatic N) is 1. The molecule has 0 bridgehead atoms. The number of hydrogen-bond donors (Lipinski definition) is 2. The fraction of sp³-hybridized carbons (Fsp3) is 0.111. The number of thiazole rings is 1. The number of hydrogen-bond acceptors (Lipinski definition) is 7. The number of aromatic nitrogens is 1. The monoisotopic (exact) mass is 373 g/mol. The van der Waals surface area contributed by atoms with Gasteiger partial charge in [0, 0.05) is 11.3 Å². The lowest BCUT2D eigenvalue weighted by Gasteiger charge is -2.08. The van der Waals surface area contributed by atoms with Crippen molar-refractivity contribution < 1.29 is 18.7 Å². The minimum atomic E-state index is -0.335. The third-order valence-electron chi connectivity index (χ3n) is 3.60. The largest absolute Gasteiger partial charge is 0.493 e. The van der Waals surface area contributed by atoms with Gasteiger partial charge in [0.1, 0.15) is 16.5 Å². The van der Waals surface area contributed by atoms with E-state index in [1.165, 1.54) is 26.4 Å². The van der Waals surface area contributed by atoms with Crippen LogP contribution in [0.3, 0.4) is 0 Å². The summed E-state index contributed by atoms with van der Waals surface area (Å²) in [6, 6.07) is 10.7. The number of halogens is 1. The second-order valence-corrected chi connectivity index (χ2v) is 6.26. The number of benzene rings is 2. The number of carbonyl (C=O) groups is 1. The van der Waals surface area contributed by atoms with Gasteiger partial charge in [-0.1, -0.05) is 11.3 Å². The third-order valence-corrected chi connectivity index (χ3v) is 4.59. The van der Waals surface area contributed by atoms with E-state index in [1.807, 2.05) is 0 Å². The van der Waals surface area contributed by atoms with Crippen molar-refractivity contribution in [2.45, 2.75) is 0 Å². The Morgan fingerprint density at radius 1 is 1.12 bits per heavy atom. The van der Waals surface area contributed by atoms with Gasteiger partial charge in [0.15, 0.2) is 16.6 Å². The molecule has 3 N–H and O–H groups in total. The van der Waals surface area contributed by atoms with Crippen LogP contribution in [0.25, 0.3) is 0 Å². The number of ether oxygens (including phenoxy) is 2. The van der Waals surface area contributed by atoms with E-state index < -0.39 is 0 Å². The maximum Gasteiger partial charge on any atom is 0.206 e. The lowest BCUT2D eigenvalue weighted by atomic mass is 10.1. The summed E-state index contributed by atoms with van der Waals surface area (Å²) < 4.78 is 23.4. The summed E-state index contributed by atoms with van der Waals surface area (Å²) >= 11 is 1.12. The van der Waals surface area contributed by atoms with Crippen molar-refractivity contribution in [3.8, 4) is 11.5 Å². The minimum absolute atomic E-state index is 0.124. The van der Waals surface area contributed by atoms with Crippen molar-refractivity contribution in [1.82, 2.24) is 4.98 Å². The first-order valence-corrected chi connectivity index (χ1v) is 8.39. The van der Waals surface area contributed by atoms with Gasteiger partial charge in [-0.15, -0.1) is 0 Å². The molecular weight excluding hydrogens is 357 g/mol. The summed E-state index contributed by atoms with van der Waals surface area (Å²) in [7, 11) is 3.02. The molecule has 2 aromatic carbocycles. The molecule has 134 valence electrons. The van der Waals surface area contributed by atoms with Crippen LogP contribution in [-0.2, 0) is 0 Å². The van der Waals surface area contributed by atoms with Crippen molar-refractivity contribution in [3.63, 3.8) is 0 Å². The highest BCUT2D eigenvalue weighted by Crippen LogP contribution is 2.32. The highest BCUT2D eigenvalue weighted by atomic mass is 32.1. The average molecular weight is 373 g/mol. The van der Waals surface area contributed by atoms with Gasteiger partial charge in [-0.2, -0.15) is 0 Å². The Morgan fingerprint density at radius 3 is 2.46 bits per heavy atom. The number of carbonyl (C=O) groups excluding carboxylic acids is 1. The van der Waals surface area contributed by atoms with E-state index >= 15 is 0 Å². The quantitative estimate of drug-likeness (QED) is 0.638. The fourth-order valence-corrected chi connectivity index (χ4v) is 3.18. The van der Waals surface area contributed by atoms with Gasteiger partial charge in [-0.25, -0.2) is 9.37 Å². The zero-order valence-electron chi connectivity index (χ0n) is 14.1. The predicted molar refractivity (Wildman–Crippen MR) is 99.2 cm³/mol. The topological polar surface area (TPSA) is 86.5 Å². The molecule has 0 aliphatic rings. The summed E-state index contributed by atoms with van der Waals surface area (Å²) in [5.74, 6) is 0.497. The number of ketones is 1. The molecule has 6 nitrogen and oxygen atoms in total. The molecule has 1 aromatic heterocycles. The second-order valence-electron chi connectivity index (χ2n) is 5.26. The summed E-state index contributed by atoms with van der Waals surface area (Å²) in [6.45, 7) is 0. The zero-order valence-corrected chi connectivity index (χ0v) is 14.9. The zero-order chi connectivity index (χ0) is 18.7. The lowest BCUT2D eigenvalue weighted by Crippen LogP contribution is -2.03. The molecule has 1 heterocycles. The van der Waals surface area contributed by atoms with Crippen LogP contribution in [0.15, 0.2) is 42.5 Å². The fourth-order valence-electron chi connectivity index (χ4n) is 2.31. The van der Waals surface area contributed by atoms with Crippen molar-refractivity contribution >= 4 is 33.8 Å². The molecular formula is C18H16FN3O3S. The molecule has 0 unspecified atom stereocenters. The Hall–Kier alpha value is -3.13. The molecule has 8 heteroatoms. The van der Waals surface area contributed by atoms with Crippen LogP contribution >= 0.6 is 11.3 Å². The first kappa shape index (κ1) is 17.7. The lowest BCUT2D eigenvalue weighted by molar-refractivity contribution is 0.104. The van der Waals surface area contributed by atoms with Gasteiger partial charge in [-0.3, -0.25) is 4.79 Å². The molecule has 26 heavy (non-hydrogen) atoms. The van der Waals surface area contributed by atoms with Gasteiger partial charge in [0.25, 0.3) is 0 Å². The van der Waals surface area contributed by atoms with E-state index in [2.05, 4.69) is 10.3 Å². The average Bonchev–Trinajstić information content (AvgIpc) is 3.02. The normalized spacial score (nSPS) is 10.4. The number of anilines is 3. The van der Waals surface area contributed by atoms with Gasteiger partial charge < -0.3 is 20.5 Å². The summed E-state index contributed by atoms with van der Waals surface area (Å²) in [4.78, 5) is 17.2. The number of nitrogens with two attached hydrogens (primary N) is 1. The number of methoxy groups -OCH3 is 2. The second kappa shape index (κ2) is 7.40. The van der Waals surface area contributed by atoms with Gasteiger partial charge in [0.05, 0.1) is 14.2 Å². The molecule has 0 saturated carbocycles. The highest BCUT2D eigenvalue weighted by molar-refractivity contribution is 7.18. The van der Waals surface area contributed by atoms with Crippen LogP contribution in [0.1, 0.15) is 15.2 Å². The molecule has 0 amide bonds. The molecule has 0 saturated heterocycles. The molecule has 0 aliphatic heterocycles. The molecule has 0 spiro atoms. The Kier molecular flexibility index (Phi) is 5.04. The van der Waals surface area contributed by atoms with Crippen LogP contribution in [-0.4, -0.2) is 25.0 Å². The minimum Gasteiger partial charge on any atom is -0.493 e. The van der Waals surface area contributed by atoms with E-state index in [0.29, 0.717) is 32.8 Å². The number of nitrogens with one attached hydrogen (secondary N) is 1. The Labute approximate surface area is 153 Å². The van der Waals surface area contributed by atoms with Gasteiger partial charge in [-0.05, 0) is 42.5 Å². The Balaban J connectivity index is 1.86. The smallest absolute Gasteiger partial charge is 0.206 e. The summed E-state index contributed by atoms with van der Waals surface area (Å²) in [5.41, 5.74) is 6.96. The van der Waals surface area contributed by atoms with Crippen LogP contribution < -0.4 is 20.5 Å². The molecule has 3 rings (SSSR count). The third kappa shape index (κ3) is 3.60. The van der Waals surface area contributed by atoms with E-state index in [0.717, 1.165) is 11.3 Å². The van der Waals surface area contributed by atoms with Crippen LogP contribution in [0.2, 0.25) is 0 Å². The summed E-state index contributed by atoms with van der Waals surface area (Å²) in [6.07, 6.45) is 0. The Bertz CT molecular complexity index is 941. The first-order valence-electron chi connectivity index (χ1n) is 7.57. The predicted octanol–water partition coefficient (Wildman–Crippen LogP) is 3.86. The molecule has 0 radical (unpaired) electrons. The van der Waals surface area contributed by atoms with Crippen molar-refractivity contribution in [1.29, 1.82) is 0 Å². The molecule has 0 fully saturated rings. The standard InChI is InChI=1S/C18H16FN3O3S/c1-24-13-8-3-10(9-14(13)25-2)15(23)16-17(20)22-18(26-16)21-12-6-4-11(19)5-7-12/h3-9H,20H2,1-2H3,(H,21,22). The SMILES string of the molecule is COc1ccc(C(=O)c2sc(Nc3ccc(F)cc3)nc2N)cc1OC.